The molecule has 1 heterocycles. The van der Waals surface area contributed by atoms with Crippen LogP contribution < -0.4 is 11.5 Å². The normalized spacial score (nSPS) is 13.7. The number of carbonyl (C=O) groups excluding carboxylic acids is 2. The van der Waals surface area contributed by atoms with E-state index in [2.05, 4.69) is 4.98 Å². The summed E-state index contributed by atoms with van der Waals surface area (Å²) in [7, 11) is 0. The van der Waals surface area contributed by atoms with E-state index in [4.69, 9.17) is 16.6 Å². The first-order chi connectivity index (χ1) is 10.9. The number of H-pyrrole nitrogens is 1. The molecule has 0 unspecified atom stereocenters. The van der Waals surface area contributed by atoms with Crippen LogP contribution in [0.4, 0.5) is 0 Å². The number of rotatable bonds is 8. The fourth-order valence-electron chi connectivity index (χ4n) is 2.41. The molecule has 0 radical (unpaired) electrons. The molecule has 0 aliphatic rings. The molecule has 0 fully saturated rings. The molecule has 0 aliphatic heterocycles. The van der Waals surface area contributed by atoms with Gasteiger partial charge < -0.3 is 21.6 Å². The number of fused-ring (bicyclic) bond motifs is 1. The Bertz CT molecular complexity index is 738. The smallest absolute Gasteiger partial charge is 0.303 e. The van der Waals surface area contributed by atoms with Crippen LogP contribution in [0.5, 0.6) is 0 Å². The SMILES string of the molecule is N[C@@H](CCC(=O)O)C(=O)C(=O)[C@@H](N)Cc1c[nH]c2ccccc12. The van der Waals surface area contributed by atoms with Crippen LogP contribution >= 0.6 is 0 Å². The third-order valence-corrected chi connectivity index (χ3v) is 3.70. The zero-order chi connectivity index (χ0) is 17.0. The molecule has 2 atom stereocenters. The number of benzene rings is 1. The summed E-state index contributed by atoms with van der Waals surface area (Å²) in [4.78, 5) is 37.6. The molecule has 1 aromatic heterocycles. The number of aromatic amines is 1. The fourth-order valence-corrected chi connectivity index (χ4v) is 2.41. The number of nitrogens with two attached hydrogens (primary N) is 2. The van der Waals surface area contributed by atoms with Gasteiger partial charge in [0.2, 0.25) is 11.6 Å². The van der Waals surface area contributed by atoms with E-state index < -0.39 is 29.6 Å². The first kappa shape index (κ1) is 16.9. The molecule has 1 aromatic carbocycles. The molecule has 0 saturated heterocycles. The highest BCUT2D eigenvalue weighted by molar-refractivity contribution is 6.41. The number of aromatic nitrogens is 1. The molecular formula is C16H19N3O4. The van der Waals surface area contributed by atoms with E-state index in [0.29, 0.717) is 0 Å². The number of para-hydroxylation sites is 1. The Morgan fingerprint density at radius 3 is 2.43 bits per heavy atom. The largest absolute Gasteiger partial charge is 0.481 e. The van der Waals surface area contributed by atoms with Crippen molar-refractivity contribution in [2.24, 2.45) is 11.5 Å². The molecule has 7 heteroatoms. The molecular weight excluding hydrogens is 298 g/mol. The Balaban J connectivity index is 2.02. The summed E-state index contributed by atoms with van der Waals surface area (Å²) >= 11 is 0. The lowest BCUT2D eigenvalue weighted by atomic mass is 9.96. The van der Waals surface area contributed by atoms with Crippen molar-refractivity contribution in [3.63, 3.8) is 0 Å². The second kappa shape index (κ2) is 7.17. The van der Waals surface area contributed by atoms with Gasteiger partial charge in [-0.1, -0.05) is 18.2 Å². The maximum Gasteiger partial charge on any atom is 0.303 e. The number of nitrogens with one attached hydrogen (secondary N) is 1. The predicted octanol–water partition coefficient (Wildman–Crippen LogP) is 0.368. The van der Waals surface area contributed by atoms with E-state index in [1.54, 1.807) is 6.20 Å². The summed E-state index contributed by atoms with van der Waals surface area (Å²) in [6.45, 7) is 0. The highest BCUT2D eigenvalue weighted by Crippen LogP contribution is 2.19. The standard InChI is InChI=1S/C16H19N3O4/c17-11(5-6-14(20)21)15(22)16(23)12(18)7-9-8-19-13-4-2-1-3-10(9)13/h1-4,8,11-12,19H,5-7,17-18H2,(H,20,21)/t11-,12-/m0/s1. The molecule has 0 spiro atoms. The van der Waals surface area contributed by atoms with Gasteiger partial charge in [0, 0.05) is 23.5 Å². The minimum absolute atomic E-state index is 0.0836. The van der Waals surface area contributed by atoms with E-state index in [9.17, 15) is 14.4 Å². The van der Waals surface area contributed by atoms with Crippen LogP contribution in [-0.4, -0.2) is 39.7 Å². The number of aliphatic carboxylic acids is 1. The Kier molecular flexibility index (Phi) is 5.25. The topological polar surface area (TPSA) is 139 Å². The van der Waals surface area contributed by atoms with Gasteiger partial charge in [-0.3, -0.25) is 14.4 Å². The Labute approximate surface area is 132 Å². The number of ketones is 2. The van der Waals surface area contributed by atoms with Gasteiger partial charge in [-0.15, -0.1) is 0 Å². The van der Waals surface area contributed by atoms with Crippen molar-refractivity contribution in [3.8, 4) is 0 Å². The predicted molar refractivity (Wildman–Crippen MR) is 84.8 cm³/mol. The molecule has 0 aliphatic carbocycles. The Hall–Kier alpha value is -2.51. The van der Waals surface area contributed by atoms with Crippen molar-refractivity contribution in [3.05, 3.63) is 36.0 Å². The number of carbonyl (C=O) groups is 3. The van der Waals surface area contributed by atoms with Crippen LogP contribution in [0.2, 0.25) is 0 Å². The quantitative estimate of drug-likeness (QED) is 0.519. The highest BCUT2D eigenvalue weighted by atomic mass is 16.4. The minimum Gasteiger partial charge on any atom is -0.481 e. The van der Waals surface area contributed by atoms with Crippen LogP contribution in [0.15, 0.2) is 30.5 Å². The van der Waals surface area contributed by atoms with E-state index in [1.165, 1.54) is 0 Å². The second-order valence-corrected chi connectivity index (χ2v) is 5.44. The summed E-state index contributed by atoms with van der Waals surface area (Å²) in [6, 6.07) is 5.43. The maximum atomic E-state index is 12.1. The fraction of sp³-hybridized carbons (Fsp3) is 0.312. The summed E-state index contributed by atoms with van der Waals surface area (Å²) < 4.78 is 0. The zero-order valence-electron chi connectivity index (χ0n) is 12.5. The van der Waals surface area contributed by atoms with Crippen molar-refractivity contribution in [1.82, 2.24) is 4.98 Å². The summed E-state index contributed by atoms with van der Waals surface area (Å²) in [6.07, 6.45) is 1.62. The number of Topliss-reactive ketones (excluding diaryl/α,β-unsaturated/α-hetero) is 2. The van der Waals surface area contributed by atoms with Crippen LogP contribution in [0.25, 0.3) is 10.9 Å². The third-order valence-electron chi connectivity index (χ3n) is 3.70. The average molecular weight is 317 g/mol. The molecule has 6 N–H and O–H groups in total. The second-order valence-electron chi connectivity index (χ2n) is 5.44. The molecule has 0 bridgehead atoms. The molecule has 0 saturated carbocycles. The van der Waals surface area contributed by atoms with Crippen molar-refractivity contribution >= 4 is 28.4 Å². The molecule has 2 aromatic rings. The lowest BCUT2D eigenvalue weighted by molar-refractivity contribution is -0.139. The van der Waals surface area contributed by atoms with Crippen molar-refractivity contribution < 1.29 is 19.5 Å². The van der Waals surface area contributed by atoms with Gasteiger partial charge in [0.1, 0.15) is 0 Å². The van der Waals surface area contributed by atoms with Gasteiger partial charge in [0.15, 0.2) is 0 Å². The van der Waals surface area contributed by atoms with Crippen molar-refractivity contribution in [2.45, 2.75) is 31.3 Å². The number of hydrogen-bond donors (Lipinski definition) is 4. The van der Waals surface area contributed by atoms with E-state index in [0.717, 1.165) is 16.5 Å². The van der Waals surface area contributed by atoms with Gasteiger partial charge in [0.25, 0.3) is 0 Å². The number of carboxylic acid groups (broad SMARTS) is 1. The van der Waals surface area contributed by atoms with Gasteiger partial charge in [-0.05, 0) is 24.5 Å². The summed E-state index contributed by atoms with van der Waals surface area (Å²) in [5, 5.41) is 9.53. The summed E-state index contributed by atoms with van der Waals surface area (Å²) in [5.74, 6) is -2.66. The molecule has 23 heavy (non-hydrogen) atoms. The highest BCUT2D eigenvalue weighted by Gasteiger charge is 2.27. The number of carboxylic acids is 1. The minimum atomic E-state index is -1.13. The van der Waals surface area contributed by atoms with Crippen LogP contribution in [0.3, 0.4) is 0 Å². The zero-order valence-corrected chi connectivity index (χ0v) is 12.5. The van der Waals surface area contributed by atoms with Crippen molar-refractivity contribution in [1.29, 1.82) is 0 Å². The maximum absolute atomic E-state index is 12.1. The van der Waals surface area contributed by atoms with Crippen LogP contribution in [0.1, 0.15) is 18.4 Å². The van der Waals surface area contributed by atoms with Gasteiger partial charge in [-0.25, -0.2) is 0 Å². The first-order valence-corrected chi connectivity index (χ1v) is 7.26. The third kappa shape index (κ3) is 4.02. The van der Waals surface area contributed by atoms with Crippen LogP contribution in [0, 0.1) is 0 Å². The van der Waals surface area contributed by atoms with Crippen molar-refractivity contribution in [2.75, 3.05) is 0 Å². The average Bonchev–Trinajstić information content (AvgIpc) is 2.94. The molecule has 2 rings (SSSR count). The number of hydrogen-bond acceptors (Lipinski definition) is 5. The lowest BCUT2D eigenvalue weighted by Crippen LogP contribution is -2.45. The Morgan fingerprint density at radius 1 is 1.09 bits per heavy atom. The molecule has 7 nitrogen and oxygen atoms in total. The lowest BCUT2D eigenvalue weighted by Gasteiger charge is -2.13. The van der Waals surface area contributed by atoms with Gasteiger partial charge >= 0.3 is 5.97 Å². The van der Waals surface area contributed by atoms with E-state index >= 15 is 0 Å². The van der Waals surface area contributed by atoms with Crippen LogP contribution in [-0.2, 0) is 20.8 Å². The van der Waals surface area contributed by atoms with Gasteiger partial charge in [0.05, 0.1) is 12.1 Å². The molecule has 122 valence electrons. The van der Waals surface area contributed by atoms with E-state index in [-0.39, 0.29) is 19.3 Å². The summed E-state index contributed by atoms with van der Waals surface area (Å²) in [5.41, 5.74) is 13.2. The first-order valence-electron chi connectivity index (χ1n) is 7.26. The van der Waals surface area contributed by atoms with E-state index in [1.807, 2.05) is 24.3 Å². The monoisotopic (exact) mass is 317 g/mol. The molecule has 0 amide bonds. The Morgan fingerprint density at radius 2 is 1.74 bits per heavy atom. The van der Waals surface area contributed by atoms with Gasteiger partial charge in [-0.2, -0.15) is 0 Å².